The third-order valence-corrected chi connectivity index (χ3v) is 6.39. The van der Waals surface area contributed by atoms with Crippen LogP contribution in [0.2, 0.25) is 0 Å². The third-order valence-electron chi connectivity index (χ3n) is 6.39. The number of carbonyl (C=O) groups excluding carboxylic acids is 2. The quantitative estimate of drug-likeness (QED) is 0.451. The molecule has 3 heterocycles. The summed E-state index contributed by atoms with van der Waals surface area (Å²) >= 11 is 0. The second-order valence-corrected chi connectivity index (χ2v) is 9.13. The number of fused-ring (bicyclic) bond motifs is 1. The number of aromatic nitrogens is 2. The predicted octanol–water partition coefficient (Wildman–Crippen LogP) is 3.19. The van der Waals surface area contributed by atoms with E-state index in [0.29, 0.717) is 22.9 Å². The second kappa shape index (κ2) is 9.55. The zero-order valence-electron chi connectivity index (χ0n) is 19.6. The first kappa shape index (κ1) is 26.5. The minimum Gasteiger partial charge on any atom is -0.441 e. The van der Waals surface area contributed by atoms with Crippen LogP contribution >= 0.6 is 0 Å². The predicted molar refractivity (Wildman–Crippen MR) is 122 cm³/mol. The number of alkyl halides is 3. The molecule has 0 spiro atoms. The number of hydrogen-bond acceptors (Lipinski definition) is 6. The van der Waals surface area contributed by atoms with Gasteiger partial charge in [-0.3, -0.25) is 19.1 Å². The Balaban J connectivity index is 1.69. The van der Waals surface area contributed by atoms with E-state index in [1.807, 2.05) is 0 Å². The molecule has 9 nitrogen and oxygen atoms in total. The van der Waals surface area contributed by atoms with E-state index in [0.717, 1.165) is 17.0 Å². The molecule has 2 N–H and O–H groups in total. The Kier molecular flexibility index (Phi) is 6.48. The number of pyridine rings is 2. The molecule has 1 unspecified atom stereocenters. The molecule has 1 aromatic carbocycles. The molecule has 1 saturated carbocycles. The Bertz CT molecular complexity index is 1530. The number of halogens is 6. The van der Waals surface area contributed by atoms with Crippen molar-refractivity contribution in [3.8, 4) is 5.69 Å². The van der Waals surface area contributed by atoms with E-state index in [1.54, 1.807) is 5.32 Å². The van der Waals surface area contributed by atoms with Gasteiger partial charge in [-0.25, -0.2) is 22.9 Å². The number of nitrogens with zero attached hydrogens (tertiary/aromatic N) is 3. The lowest BCUT2D eigenvalue weighted by Crippen LogP contribution is -2.48. The fourth-order valence-corrected chi connectivity index (χ4v) is 4.36. The van der Waals surface area contributed by atoms with Crippen LogP contribution in [0, 0.1) is 23.4 Å². The summed E-state index contributed by atoms with van der Waals surface area (Å²) < 4.78 is 89.3. The van der Waals surface area contributed by atoms with Crippen LogP contribution in [0.4, 0.5) is 37.0 Å². The van der Waals surface area contributed by atoms with Gasteiger partial charge >= 0.3 is 12.3 Å². The van der Waals surface area contributed by atoms with Gasteiger partial charge in [0.15, 0.2) is 17.3 Å². The summed E-state index contributed by atoms with van der Waals surface area (Å²) in [7, 11) is 0. The number of cyclic esters (lactones) is 1. The Hall–Kier alpha value is -4.14. The molecule has 206 valence electrons. The van der Waals surface area contributed by atoms with Gasteiger partial charge in [0.2, 0.25) is 5.43 Å². The minimum absolute atomic E-state index is 0.155. The van der Waals surface area contributed by atoms with Crippen molar-refractivity contribution >= 4 is 28.9 Å². The molecule has 5 rings (SSSR count). The van der Waals surface area contributed by atoms with Crippen LogP contribution in [0.15, 0.2) is 35.3 Å². The van der Waals surface area contributed by atoms with Gasteiger partial charge in [-0.05, 0) is 30.9 Å². The van der Waals surface area contributed by atoms with Crippen LogP contribution in [0.1, 0.15) is 23.2 Å². The molecule has 39 heavy (non-hydrogen) atoms. The van der Waals surface area contributed by atoms with E-state index in [2.05, 4.69) is 4.98 Å². The summed E-state index contributed by atoms with van der Waals surface area (Å²) in [5.41, 5.74) is -3.45. The zero-order chi connectivity index (χ0) is 28.2. The Labute approximate surface area is 214 Å². The van der Waals surface area contributed by atoms with E-state index in [-0.39, 0.29) is 25.2 Å². The van der Waals surface area contributed by atoms with Gasteiger partial charge in [-0.2, -0.15) is 13.2 Å². The van der Waals surface area contributed by atoms with E-state index < -0.39 is 88.0 Å². The summed E-state index contributed by atoms with van der Waals surface area (Å²) in [5.74, 6) is -6.70. The molecule has 2 amide bonds. The molecule has 1 saturated heterocycles. The highest BCUT2D eigenvalue weighted by Gasteiger charge is 2.50. The molecule has 1 aliphatic heterocycles. The van der Waals surface area contributed by atoms with Crippen molar-refractivity contribution in [2.75, 3.05) is 18.1 Å². The lowest BCUT2D eigenvalue weighted by molar-refractivity contribution is -0.158. The van der Waals surface area contributed by atoms with Crippen molar-refractivity contribution in [3.63, 3.8) is 0 Å². The highest BCUT2D eigenvalue weighted by molar-refractivity contribution is 5.98. The van der Waals surface area contributed by atoms with Crippen LogP contribution in [0.5, 0.6) is 0 Å². The van der Waals surface area contributed by atoms with Crippen molar-refractivity contribution in [1.29, 1.82) is 0 Å². The normalized spacial score (nSPS) is 18.4. The van der Waals surface area contributed by atoms with Gasteiger partial charge in [0, 0.05) is 18.3 Å². The minimum atomic E-state index is -4.81. The van der Waals surface area contributed by atoms with E-state index >= 15 is 0 Å². The Morgan fingerprint density at radius 3 is 2.38 bits per heavy atom. The Morgan fingerprint density at radius 1 is 1.15 bits per heavy atom. The first-order chi connectivity index (χ1) is 18.4. The molecular formula is C24H18F6N4O5. The summed E-state index contributed by atoms with van der Waals surface area (Å²) in [6.45, 7) is -0.664. The van der Waals surface area contributed by atoms with Crippen LogP contribution in [0.25, 0.3) is 16.7 Å². The molecule has 2 fully saturated rings. The first-order valence-corrected chi connectivity index (χ1v) is 11.6. The second-order valence-electron chi connectivity index (χ2n) is 9.13. The molecule has 2 atom stereocenters. The number of aliphatic hydroxyl groups excluding tert-OH is 1. The number of rotatable bonds is 6. The number of hydrogen-bond donors (Lipinski definition) is 2. The molecule has 3 aromatic rings. The SMILES string of the molecule is O=C(N[C@@H](C1CC1)C(F)(F)F)c1cn(-c2c(F)cc(F)cc2F)c2nc(N3CC(CO)OC3=O)ccc2c1=O. The van der Waals surface area contributed by atoms with Crippen molar-refractivity contribution in [2.45, 2.75) is 31.2 Å². The topological polar surface area (TPSA) is 114 Å². The third kappa shape index (κ3) is 4.89. The lowest BCUT2D eigenvalue weighted by atomic mass is 10.1. The maximum absolute atomic E-state index is 14.8. The molecule has 0 radical (unpaired) electrons. The van der Waals surface area contributed by atoms with Gasteiger partial charge in [0.1, 0.15) is 35.0 Å². The van der Waals surface area contributed by atoms with Crippen molar-refractivity contribution in [1.82, 2.24) is 14.9 Å². The Morgan fingerprint density at radius 2 is 1.82 bits per heavy atom. The summed E-state index contributed by atoms with van der Waals surface area (Å²) in [6, 6.07) is 0.615. The van der Waals surface area contributed by atoms with Gasteiger partial charge < -0.3 is 15.2 Å². The maximum atomic E-state index is 14.8. The number of amides is 2. The van der Waals surface area contributed by atoms with E-state index in [4.69, 9.17) is 4.74 Å². The molecular weight excluding hydrogens is 538 g/mol. The lowest BCUT2D eigenvalue weighted by Gasteiger charge is -2.22. The van der Waals surface area contributed by atoms with Crippen LogP contribution in [-0.2, 0) is 4.74 Å². The van der Waals surface area contributed by atoms with Gasteiger partial charge in [-0.15, -0.1) is 0 Å². The fourth-order valence-electron chi connectivity index (χ4n) is 4.36. The monoisotopic (exact) mass is 556 g/mol. The molecule has 1 aliphatic carbocycles. The fraction of sp³-hybridized carbons (Fsp3) is 0.333. The molecule has 2 aromatic heterocycles. The zero-order valence-corrected chi connectivity index (χ0v) is 19.6. The maximum Gasteiger partial charge on any atom is 0.416 e. The van der Waals surface area contributed by atoms with Crippen molar-refractivity contribution in [3.05, 3.63) is 63.7 Å². The van der Waals surface area contributed by atoms with Crippen molar-refractivity contribution in [2.24, 2.45) is 5.92 Å². The van der Waals surface area contributed by atoms with Crippen LogP contribution in [-0.4, -0.2) is 58.1 Å². The smallest absolute Gasteiger partial charge is 0.416 e. The van der Waals surface area contributed by atoms with Crippen LogP contribution in [0.3, 0.4) is 0 Å². The number of nitrogens with one attached hydrogen (secondary N) is 1. The largest absolute Gasteiger partial charge is 0.441 e. The average Bonchev–Trinajstić information content (AvgIpc) is 3.62. The van der Waals surface area contributed by atoms with E-state index in [9.17, 15) is 45.8 Å². The average molecular weight is 556 g/mol. The number of anilines is 1. The standard InChI is InChI=1S/C24H18F6N4O5/c25-11-5-15(26)18(16(27)6-11)34-8-14(22(37)32-20(10-1-2-10)24(28,29)30)19(36)13-3-4-17(31-21(13)34)33-7-12(9-35)39-23(33)38/h3-6,8,10,12,20,35H,1-2,7,9H2,(H,32,37)/t12?,20-/m0/s1. The number of ether oxygens (including phenoxy) is 1. The van der Waals surface area contributed by atoms with Gasteiger partial charge in [0.05, 0.1) is 18.5 Å². The van der Waals surface area contributed by atoms with Crippen molar-refractivity contribution < 1.29 is 45.8 Å². The van der Waals surface area contributed by atoms with Gasteiger partial charge in [0.25, 0.3) is 5.91 Å². The number of benzene rings is 1. The van der Waals surface area contributed by atoms with Crippen LogP contribution < -0.4 is 15.6 Å². The molecule has 15 heteroatoms. The summed E-state index contributed by atoms with van der Waals surface area (Å²) in [6.07, 6.45) is -5.60. The summed E-state index contributed by atoms with van der Waals surface area (Å²) in [5, 5.41) is 10.6. The first-order valence-electron chi connectivity index (χ1n) is 11.6. The number of carbonyl (C=O) groups is 2. The van der Waals surface area contributed by atoms with Gasteiger partial charge in [-0.1, -0.05) is 0 Å². The molecule has 2 aliphatic rings. The van der Waals surface area contributed by atoms with E-state index in [1.165, 1.54) is 0 Å². The summed E-state index contributed by atoms with van der Waals surface area (Å²) in [4.78, 5) is 43.4. The highest BCUT2D eigenvalue weighted by atomic mass is 19.4. The molecule has 0 bridgehead atoms. The highest BCUT2D eigenvalue weighted by Crippen LogP contribution is 2.40. The number of aliphatic hydroxyl groups is 1.